The van der Waals surface area contributed by atoms with Crippen molar-refractivity contribution < 1.29 is 37.6 Å². The quantitative estimate of drug-likeness (QED) is 0.0265. The molecule has 0 aliphatic heterocycles. The van der Waals surface area contributed by atoms with Gasteiger partial charge in [-0.15, -0.1) is 0 Å². The third-order valence-corrected chi connectivity index (χ3v) is 10.8. The van der Waals surface area contributed by atoms with Crippen molar-refractivity contribution in [2.45, 2.75) is 200 Å². The lowest BCUT2D eigenvalue weighted by molar-refractivity contribution is -0.161. The number of hydrogen-bond donors (Lipinski definition) is 2. The Morgan fingerprint density at radius 2 is 0.934 bits per heavy atom. The van der Waals surface area contributed by atoms with Crippen LogP contribution in [0.15, 0.2) is 85.1 Å². The molecule has 0 aromatic carbocycles. The Kier molecular flexibility index (Phi) is 44.5. The lowest BCUT2D eigenvalue weighted by Crippen LogP contribution is -2.29. The van der Waals surface area contributed by atoms with Gasteiger partial charge < -0.3 is 20.1 Å². The van der Waals surface area contributed by atoms with Gasteiger partial charge in [-0.05, 0) is 77.0 Å². The molecule has 0 aliphatic rings. The van der Waals surface area contributed by atoms with Gasteiger partial charge in [0.05, 0.1) is 13.2 Å². The second-order valence-electron chi connectivity index (χ2n) is 15.6. The van der Waals surface area contributed by atoms with E-state index >= 15 is 0 Å². The molecule has 0 bridgehead atoms. The standard InChI is InChI=1S/C51H88NO8P/c1-3-5-7-9-11-13-15-17-19-21-23-24-26-28-30-32-34-36-38-40-42-44-51(54)60-49(48-59-61(55,56)58-46-45-52)47-57-50(53)43-41-39-37-35-33-31-29-27-25-22-20-18-16-14-12-10-8-6-4-2/h6,8,12,14,17-20,25,27,31,33,37,39,49H,3-5,7,9-11,13,15-16,21-24,26,28-30,32,34-36,38,40-48,52H2,1-2H3,(H,55,56)/t49-/m1/s1. The van der Waals surface area contributed by atoms with Gasteiger partial charge >= 0.3 is 19.8 Å². The van der Waals surface area contributed by atoms with Gasteiger partial charge in [-0.3, -0.25) is 18.6 Å². The van der Waals surface area contributed by atoms with Crippen LogP contribution in [0.2, 0.25) is 0 Å². The van der Waals surface area contributed by atoms with Crippen LogP contribution in [0.3, 0.4) is 0 Å². The van der Waals surface area contributed by atoms with Crippen molar-refractivity contribution in [3.8, 4) is 0 Å². The Morgan fingerprint density at radius 1 is 0.508 bits per heavy atom. The Labute approximate surface area is 373 Å². The molecule has 0 amide bonds. The summed E-state index contributed by atoms with van der Waals surface area (Å²) in [6.45, 7) is 3.53. The van der Waals surface area contributed by atoms with E-state index in [0.717, 1.165) is 57.8 Å². The van der Waals surface area contributed by atoms with E-state index in [9.17, 15) is 19.0 Å². The van der Waals surface area contributed by atoms with E-state index in [4.69, 9.17) is 24.3 Å². The maximum Gasteiger partial charge on any atom is 0.472 e. The molecule has 0 saturated heterocycles. The summed E-state index contributed by atoms with van der Waals surface area (Å²) in [6.07, 6.45) is 59.2. The van der Waals surface area contributed by atoms with E-state index in [0.29, 0.717) is 12.8 Å². The summed E-state index contributed by atoms with van der Waals surface area (Å²) < 4.78 is 32.8. The van der Waals surface area contributed by atoms with Crippen LogP contribution in [-0.2, 0) is 32.7 Å². The summed E-state index contributed by atoms with van der Waals surface area (Å²) in [5.74, 6) is -0.930. The zero-order valence-electron chi connectivity index (χ0n) is 38.6. The molecule has 0 aromatic rings. The predicted octanol–water partition coefficient (Wildman–Crippen LogP) is 14.4. The van der Waals surface area contributed by atoms with Crippen LogP contribution in [0.1, 0.15) is 194 Å². The highest BCUT2D eigenvalue weighted by molar-refractivity contribution is 7.47. The zero-order valence-corrected chi connectivity index (χ0v) is 39.5. The summed E-state index contributed by atoms with van der Waals surface area (Å²) in [5, 5.41) is 0. The van der Waals surface area contributed by atoms with Crippen molar-refractivity contribution in [3.63, 3.8) is 0 Å². The number of esters is 2. The minimum Gasteiger partial charge on any atom is -0.462 e. The van der Waals surface area contributed by atoms with E-state index < -0.39 is 32.5 Å². The van der Waals surface area contributed by atoms with E-state index in [1.165, 1.54) is 96.3 Å². The van der Waals surface area contributed by atoms with Gasteiger partial charge in [0.1, 0.15) is 6.61 Å². The summed E-state index contributed by atoms with van der Waals surface area (Å²) in [6, 6.07) is 0. The monoisotopic (exact) mass is 874 g/mol. The zero-order chi connectivity index (χ0) is 44.6. The van der Waals surface area contributed by atoms with Crippen LogP contribution >= 0.6 is 7.82 Å². The Bertz CT molecular complexity index is 1270. The lowest BCUT2D eigenvalue weighted by Gasteiger charge is -2.19. The van der Waals surface area contributed by atoms with Crippen molar-refractivity contribution in [3.05, 3.63) is 85.1 Å². The molecule has 1 unspecified atom stereocenters. The third-order valence-electron chi connectivity index (χ3n) is 9.78. The molecule has 0 spiro atoms. The van der Waals surface area contributed by atoms with Crippen molar-refractivity contribution in [1.29, 1.82) is 0 Å². The average Bonchev–Trinajstić information content (AvgIpc) is 3.25. The first-order valence-corrected chi connectivity index (χ1v) is 25.6. The predicted molar refractivity (Wildman–Crippen MR) is 256 cm³/mol. The van der Waals surface area contributed by atoms with Crippen LogP contribution in [-0.4, -0.2) is 49.3 Å². The van der Waals surface area contributed by atoms with E-state index in [1.54, 1.807) is 0 Å². The topological polar surface area (TPSA) is 134 Å². The number of ether oxygens (including phenoxy) is 2. The molecule has 61 heavy (non-hydrogen) atoms. The molecule has 0 radical (unpaired) electrons. The Morgan fingerprint density at radius 3 is 1.41 bits per heavy atom. The smallest absolute Gasteiger partial charge is 0.462 e. The molecule has 0 aliphatic carbocycles. The SMILES string of the molecule is CCC=CCC=CCC=CCC=CCC=CCC=CCCC(=O)OC[C@H](COP(=O)(O)OCCN)OC(=O)CCCCCCCCCCCCCC=CCCCCCCCC. The average molecular weight is 874 g/mol. The highest BCUT2D eigenvalue weighted by Gasteiger charge is 2.26. The Hall–Kier alpha value is -2.81. The minimum absolute atomic E-state index is 0.0401. The number of hydrogen-bond acceptors (Lipinski definition) is 8. The molecule has 0 heterocycles. The second kappa shape index (κ2) is 46.7. The Balaban J connectivity index is 4.20. The largest absolute Gasteiger partial charge is 0.472 e. The number of phosphoric ester groups is 1. The van der Waals surface area contributed by atoms with Crippen LogP contribution in [0, 0.1) is 0 Å². The molecule has 9 nitrogen and oxygen atoms in total. The van der Waals surface area contributed by atoms with Crippen molar-refractivity contribution in [2.75, 3.05) is 26.4 Å². The second-order valence-corrected chi connectivity index (χ2v) is 17.0. The fraction of sp³-hybridized carbons (Fsp3) is 0.686. The fourth-order valence-corrected chi connectivity index (χ4v) is 7.01. The van der Waals surface area contributed by atoms with Gasteiger partial charge in [-0.2, -0.15) is 0 Å². The molecule has 0 fully saturated rings. The van der Waals surface area contributed by atoms with Crippen molar-refractivity contribution >= 4 is 19.8 Å². The molecule has 10 heteroatoms. The van der Waals surface area contributed by atoms with Crippen molar-refractivity contribution in [1.82, 2.24) is 0 Å². The van der Waals surface area contributed by atoms with Gasteiger partial charge in [0.25, 0.3) is 0 Å². The van der Waals surface area contributed by atoms with E-state index in [-0.39, 0.29) is 32.6 Å². The van der Waals surface area contributed by atoms with Gasteiger partial charge in [0, 0.05) is 19.4 Å². The van der Waals surface area contributed by atoms with Crippen molar-refractivity contribution in [2.24, 2.45) is 5.73 Å². The first-order chi connectivity index (χ1) is 29.8. The molecule has 3 N–H and O–H groups in total. The first-order valence-electron chi connectivity index (χ1n) is 24.1. The summed E-state index contributed by atoms with van der Waals surface area (Å²) in [7, 11) is -4.40. The first kappa shape index (κ1) is 58.2. The van der Waals surface area contributed by atoms with E-state index in [2.05, 4.69) is 86.8 Å². The van der Waals surface area contributed by atoms with Crippen LogP contribution < -0.4 is 5.73 Å². The molecule has 0 saturated carbocycles. The fourth-order valence-electron chi connectivity index (χ4n) is 6.24. The van der Waals surface area contributed by atoms with Crippen LogP contribution in [0.25, 0.3) is 0 Å². The number of carbonyl (C=O) groups is 2. The normalized spacial score (nSPS) is 14.0. The summed E-state index contributed by atoms with van der Waals surface area (Å²) in [5.41, 5.74) is 5.35. The number of allylic oxidation sites excluding steroid dienone is 14. The lowest BCUT2D eigenvalue weighted by atomic mass is 10.0. The van der Waals surface area contributed by atoms with Gasteiger partial charge in [-0.25, -0.2) is 4.57 Å². The molecular formula is C51H88NO8P. The van der Waals surface area contributed by atoms with Crippen LogP contribution in [0.4, 0.5) is 0 Å². The number of phosphoric acid groups is 1. The molecular weight excluding hydrogens is 786 g/mol. The van der Waals surface area contributed by atoms with E-state index in [1.807, 2.05) is 12.2 Å². The highest BCUT2D eigenvalue weighted by Crippen LogP contribution is 2.43. The number of unbranched alkanes of at least 4 members (excludes halogenated alkanes) is 17. The summed E-state index contributed by atoms with van der Waals surface area (Å²) >= 11 is 0. The molecule has 350 valence electrons. The number of nitrogens with two attached hydrogens (primary N) is 1. The molecule has 0 aromatic heterocycles. The maximum atomic E-state index is 12.6. The minimum atomic E-state index is -4.40. The van der Waals surface area contributed by atoms with Gasteiger partial charge in [-0.1, -0.05) is 189 Å². The number of carbonyl (C=O) groups excluding carboxylic acids is 2. The van der Waals surface area contributed by atoms with Gasteiger partial charge in [0.2, 0.25) is 0 Å². The third kappa shape index (κ3) is 46.5. The molecule has 2 atom stereocenters. The molecule has 0 rings (SSSR count). The maximum absolute atomic E-state index is 12.6. The number of rotatable bonds is 44. The summed E-state index contributed by atoms with van der Waals surface area (Å²) in [4.78, 5) is 35.0. The van der Waals surface area contributed by atoms with Gasteiger partial charge in [0.15, 0.2) is 6.10 Å². The van der Waals surface area contributed by atoms with Crippen LogP contribution in [0.5, 0.6) is 0 Å². The highest BCUT2D eigenvalue weighted by atomic mass is 31.2.